The van der Waals surface area contributed by atoms with E-state index in [1.54, 1.807) is 6.08 Å². The molecule has 2 amide bonds. The largest absolute Gasteiger partial charge is 0.351 e. The first-order valence-electron chi connectivity index (χ1n) is 3.99. The normalized spacial score (nSPS) is 21.8. The molecule has 2 N–H and O–H groups in total. The Morgan fingerprint density at radius 2 is 2.62 bits per heavy atom. The third kappa shape index (κ3) is 3.10. The Bertz CT molecular complexity index is 230. The van der Waals surface area contributed by atoms with Gasteiger partial charge in [-0.25, -0.2) is 0 Å². The highest BCUT2D eigenvalue weighted by Gasteiger charge is 2.24. The molecule has 1 rings (SSSR count). The first-order valence-corrected chi connectivity index (χ1v) is 5.15. The van der Waals surface area contributed by atoms with E-state index in [1.165, 1.54) is 11.8 Å². The number of nitrogens with one attached hydrogen (secondary N) is 2. The average Bonchev–Trinajstić information content (AvgIpc) is 2.14. The summed E-state index contributed by atoms with van der Waals surface area (Å²) < 4.78 is 0. The Kier molecular flexibility index (Phi) is 3.82. The van der Waals surface area contributed by atoms with Crippen LogP contribution in [-0.4, -0.2) is 35.9 Å². The molecular formula is C8H12N2O2S. The van der Waals surface area contributed by atoms with Gasteiger partial charge >= 0.3 is 0 Å². The van der Waals surface area contributed by atoms with Crippen molar-refractivity contribution in [3.8, 4) is 0 Å². The van der Waals surface area contributed by atoms with Gasteiger partial charge in [0.15, 0.2) is 0 Å². The first-order chi connectivity index (χ1) is 6.24. The zero-order chi connectivity index (χ0) is 9.68. The molecule has 0 aromatic heterocycles. The van der Waals surface area contributed by atoms with Crippen molar-refractivity contribution in [2.75, 3.05) is 18.1 Å². The number of carbonyl (C=O) groups excluding carboxylic acids is 2. The molecule has 0 aliphatic carbocycles. The molecule has 1 saturated heterocycles. The van der Waals surface area contributed by atoms with Crippen LogP contribution in [0.25, 0.3) is 0 Å². The van der Waals surface area contributed by atoms with Crippen LogP contribution >= 0.6 is 11.8 Å². The molecule has 4 nitrogen and oxygen atoms in total. The number of carbonyl (C=O) groups is 2. The number of hydrogen-bond acceptors (Lipinski definition) is 3. The highest BCUT2D eigenvalue weighted by Crippen LogP contribution is 2.08. The second-order valence-electron chi connectivity index (χ2n) is 2.67. The van der Waals surface area contributed by atoms with Crippen LogP contribution in [0.4, 0.5) is 0 Å². The lowest BCUT2D eigenvalue weighted by molar-refractivity contribution is -0.127. The maximum Gasteiger partial charge on any atom is 0.243 e. The summed E-state index contributed by atoms with van der Waals surface area (Å²) in [5, 5.41) is 5.26. The zero-order valence-corrected chi connectivity index (χ0v) is 8.02. The molecule has 0 aromatic rings. The Hall–Kier alpha value is -0.970. The minimum atomic E-state index is -0.383. The van der Waals surface area contributed by atoms with Crippen LogP contribution in [0.2, 0.25) is 0 Å². The molecule has 0 spiro atoms. The van der Waals surface area contributed by atoms with E-state index in [2.05, 4.69) is 17.2 Å². The summed E-state index contributed by atoms with van der Waals surface area (Å²) in [7, 11) is 0. The van der Waals surface area contributed by atoms with Gasteiger partial charge < -0.3 is 10.6 Å². The van der Waals surface area contributed by atoms with Crippen LogP contribution in [0.5, 0.6) is 0 Å². The number of hydrogen-bond donors (Lipinski definition) is 2. The summed E-state index contributed by atoms with van der Waals surface area (Å²) in [6, 6.07) is -0.383. The molecule has 0 saturated carbocycles. The number of rotatable bonds is 3. The van der Waals surface area contributed by atoms with Crippen LogP contribution in [0.15, 0.2) is 12.7 Å². The minimum absolute atomic E-state index is 0.0741. The molecule has 0 aromatic carbocycles. The van der Waals surface area contributed by atoms with Crippen molar-refractivity contribution < 1.29 is 9.59 Å². The van der Waals surface area contributed by atoms with Crippen LogP contribution in [-0.2, 0) is 9.59 Å². The molecule has 0 radical (unpaired) electrons. The van der Waals surface area contributed by atoms with Gasteiger partial charge in [0, 0.05) is 12.3 Å². The SMILES string of the molecule is C=CCNC(=O)C1CSCC(=O)N1. The summed E-state index contributed by atoms with van der Waals surface area (Å²) in [4.78, 5) is 22.2. The van der Waals surface area contributed by atoms with E-state index in [1.807, 2.05) is 0 Å². The van der Waals surface area contributed by atoms with Gasteiger partial charge in [-0.1, -0.05) is 6.08 Å². The third-order valence-electron chi connectivity index (χ3n) is 1.59. The molecule has 72 valence electrons. The summed E-state index contributed by atoms with van der Waals surface area (Å²) >= 11 is 1.47. The quantitative estimate of drug-likeness (QED) is 0.605. The maximum absolute atomic E-state index is 11.3. The van der Waals surface area contributed by atoms with Gasteiger partial charge in [-0.15, -0.1) is 18.3 Å². The average molecular weight is 200 g/mol. The lowest BCUT2D eigenvalue weighted by atomic mass is 10.3. The van der Waals surface area contributed by atoms with Crippen LogP contribution in [0.1, 0.15) is 0 Å². The molecule has 0 bridgehead atoms. The van der Waals surface area contributed by atoms with Crippen molar-refractivity contribution in [2.45, 2.75) is 6.04 Å². The van der Waals surface area contributed by atoms with Crippen LogP contribution < -0.4 is 10.6 Å². The van der Waals surface area contributed by atoms with Crippen molar-refractivity contribution in [3.63, 3.8) is 0 Å². The second-order valence-corrected chi connectivity index (χ2v) is 3.70. The van der Waals surface area contributed by atoms with E-state index in [4.69, 9.17) is 0 Å². The van der Waals surface area contributed by atoms with Gasteiger partial charge in [-0.05, 0) is 0 Å². The van der Waals surface area contributed by atoms with Gasteiger partial charge in [0.2, 0.25) is 11.8 Å². The standard InChI is InChI=1S/C8H12N2O2S/c1-2-3-9-8(12)6-4-13-5-7(11)10-6/h2,6H,1,3-5H2,(H,9,12)(H,10,11). The predicted molar refractivity (Wildman–Crippen MR) is 52.5 cm³/mol. The Balaban J connectivity index is 2.36. The lowest BCUT2D eigenvalue weighted by Crippen LogP contribution is -2.51. The van der Waals surface area contributed by atoms with Crippen molar-refractivity contribution in [1.82, 2.24) is 10.6 Å². The van der Waals surface area contributed by atoms with Crippen LogP contribution in [0, 0.1) is 0 Å². The van der Waals surface area contributed by atoms with Crippen LogP contribution in [0.3, 0.4) is 0 Å². The van der Waals surface area contributed by atoms with E-state index in [0.717, 1.165) is 0 Å². The van der Waals surface area contributed by atoms with Gasteiger partial charge in [0.05, 0.1) is 5.75 Å². The monoisotopic (exact) mass is 200 g/mol. The van der Waals surface area contributed by atoms with E-state index < -0.39 is 0 Å². The molecule has 1 heterocycles. The molecule has 5 heteroatoms. The fourth-order valence-electron chi connectivity index (χ4n) is 0.984. The van der Waals surface area contributed by atoms with Gasteiger partial charge in [0.25, 0.3) is 0 Å². The van der Waals surface area contributed by atoms with Crippen molar-refractivity contribution in [2.24, 2.45) is 0 Å². The fraction of sp³-hybridized carbons (Fsp3) is 0.500. The van der Waals surface area contributed by atoms with E-state index in [-0.39, 0.29) is 17.9 Å². The summed E-state index contributed by atoms with van der Waals surface area (Å²) in [6.45, 7) is 3.93. The Morgan fingerprint density at radius 1 is 1.85 bits per heavy atom. The van der Waals surface area contributed by atoms with Crippen molar-refractivity contribution >= 4 is 23.6 Å². The topological polar surface area (TPSA) is 58.2 Å². The van der Waals surface area contributed by atoms with Gasteiger partial charge in [0.1, 0.15) is 6.04 Å². The summed E-state index contributed by atoms with van der Waals surface area (Å²) in [5.41, 5.74) is 0. The van der Waals surface area contributed by atoms with E-state index >= 15 is 0 Å². The minimum Gasteiger partial charge on any atom is -0.351 e. The Morgan fingerprint density at radius 3 is 3.23 bits per heavy atom. The molecule has 1 fully saturated rings. The molecule has 1 unspecified atom stereocenters. The van der Waals surface area contributed by atoms with Gasteiger partial charge in [-0.2, -0.15) is 0 Å². The number of amides is 2. The molecule has 1 aliphatic heterocycles. The fourth-order valence-corrected chi connectivity index (χ4v) is 1.84. The van der Waals surface area contributed by atoms with E-state index in [9.17, 15) is 9.59 Å². The number of thioether (sulfide) groups is 1. The smallest absolute Gasteiger partial charge is 0.243 e. The highest BCUT2D eigenvalue weighted by molar-refractivity contribution is 8.00. The van der Waals surface area contributed by atoms with Crippen molar-refractivity contribution in [1.29, 1.82) is 0 Å². The lowest BCUT2D eigenvalue weighted by Gasteiger charge is -2.21. The van der Waals surface area contributed by atoms with E-state index in [0.29, 0.717) is 18.1 Å². The molecule has 13 heavy (non-hydrogen) atoms. The molecule has 1 atom stereocenters. The molecular weight excluding hydrogens is 188 g/mol. The summed E-state index contributed by atoms with van der Waals surface area (Å²) in [6.07, 6.45) is 1.61. The van der Waals surface area contributed by atoms with Gasteiger partial charge in [-0.3, -0.25) is 9.59 Å². The molecule has 1 aliphatic rings. The zero-order valence-electron chi connectivity index (χ0n) is 7.21. The third-order valence-corrected chi connectivity index (χ3v) is 2.63. The second kappa shape index (κ2) is 4.91. The van der Waals surface area contributed by atoms with Crippen molar-refractivity contribution in [3.05, 3.63) is 12.7 Å². The summed E-state index contributed by atoms with van der Waals surface area (Å²) in [5.74, 6) is 0.885. The predicted octanol–water partition coefficient (Wildman–Crippen LogP) is -0.480. The first kappa shape index (κ1) is 10.1. The Labute approximate surface area is 81.1 Å². The highest BCUT2D eigenvalue weighted by atomic mass is 32.2. The maximum atomic E-state index is 11.3.